The Kier molecular flexibility index (Phi) is 3.38. The highest BCUT2D eigenvalue weighted by molar-refractivity contribution is 9.10. The number of carbonyl (C=O) groups excluding carboxylic acids is 1. The summed E-state index contributed by atoms with van der Waals surface area (Å²) in [4.78, 5) is 15.6. The van der Waals surface area contributed by atoms with Gasteiger partial charge < -0.3 is 9.15 Å². The van der Waals surface area contributed by atoms with E-state index in [0.29, 0.717) is 18.7 Å². The van der Waals surface area contributed by atoms with E-state index in [4.69, 9.17) is 9.15 Å². The van der Waals surface area contributed by atoms with Crippen LogP contribution in [0.5, 0.6) is 5.75 Å². The molecule has 0 unspecified atom stereocenters. The predicted octanol–water partition coefficient (Wildman–Crippen LogP) is 3.07. The Morgan fingerprint density at radius 3 is 3.05 bits per heavy atom. The minimum atomic E-state index is 0.260. The average Bonchev–Trinajstić information content (AvgIpc) is 2.89. The lowest BCUT2D eigenvalue weighted by molar-refractivity contribution is -0.118. The summed E-state index contributed by atoms with van der Waals surface area (Å²) in [5.41, 5.74) is 2.17. The van der Waals surface area contributed by atoms with Crippen LogP contribution in [0, 0.1) is 0 Å². The summed E-state index contributed by atoms with van der Waals surface area (Å²) >= 11 is 3.47. The fourth-order valence-electron chi connectivity index (χ4n) is 2.24. The van der Waals surface area contributed by atoms with Gasteiger partial charge in [-0.2, -0.15) is 0 Å². The summed E-state index contributed by atoms with van der Waals surface area (Å²) < 4.78 is 11.8. The van der Waals surface area contributed by atoms with Crippen LogP contribution in [0.25, 0.3) is 0 Å². The topological polar surface area (TPSA) is 52.3 Å². The van der Waals surface area contributed by atoms with Crippen molar-refractivity contribution in [3.8, 4) is 5.75 Å². The zero-order chi connectivity index (χ0) is 13.2. The molecule has 19 heavy (non-hydrogen) atoms. The molecule has 0 N–H and O–H groups in total. The van der Waals surface area contributed by atoms with Gasteiger partial charge in [-0.15, -0.1) is 0 Å². The number of ether oxygens (including phenoxy) is 1. The Morgan fingerprint density at radius 2 is 2.26 bits per heavy atom. The van der Waals surface area contributed by atoms with Crippen molar-refractivity contribution in [2.45, 2.75) is 25.9 Å². The van der Waals surface area contributed by atoms with Crippen LogP contribution in [-0.2, 0) is 24.2 Å². The van der Waals surface area contributed by atoms with E-state index >= 15 is 0 Å². The van der Waals surface area contributed by atoms with Crippen molar-refractivity contribution in [3.63, 3.8) is 0 Å². The first-order valence-electron chi connectivity index (χ1n) is 6.06. The Morgan fingerprint density at radius 1 is 1.37 bits per heavy atom. The lowest BCUT2D eigenvalue weighted by Crippen LogP contribution is -2.15. The van der Waals surface area contributed by atoms with E-state index in [1.807, 2.05) is 6.07 Å². The number of halogens is 1. The highest BCUT2D eigenvalue weighted by Gasteiger charge is 2.20. The molecule has 0 radical (unpaired) electrons. The summed E-state index contributed by atoms with van der Waals surface area (Å²) in [6, 6.07) is 3.94. The summed E-state index contributed by atoms with van der Waals surface area (Å²) in [6.45, 7) is 0.268. The van der Waals surface area contributed by atoms with Crippen LogP contribution in [0.3, 0.4) is 0 Å². The number of carbonyl (C=O) groups is 1. The molecular weight excluding hydrogens is 310 g/mol. The van der Waals surface area contributed by atoms with E-state index < -0.39 is 0 Å². The van der Waals surface area contributed by atoms with Crippen molar-refractivity contribution in [1.29, 1.82) is 0 Å². The molecule has 3 rings (SSSR count). The molecule has 1 aliphatic carbocycles. The molecule has 0 atom stereocenters. The third-order valence-corrected chi connectivity index (χ3v) is 3.61. The van der Waals surface area contributed by atoms with Crippen molar-refractivity contribution in [2.75, 3.05) is 0 Å². The third-order valence-electron chi connectivity index (χ3n) is 3.15. The predicted molar refractivity (Wildman–Crippen MR) is 72.0 cm³/mol. The van der Waals surface area contributed by atoms with E-state index in [9.17, 15) is 4.79 Å². The fraction of sp³-hybridized carbons (Fsp3) is 0.286. The zero-order valence-corrected chi connectivity index (χ0v) is 11.8. The standard InChI is InChI=1S/C14H12BrNO3/c15-10-5-9-1-2-11(17)7-12(9)13(6-10)19-8-14-16-3-4-18-14/h3-6H,1-2,7-8H2. The maximum absolute atomic E-state index is 11.6. The number of Topliss-reactive ketones (excluding diaryl/α,β-unsaturated/α-hetero) is 1. The fourth-order valence-corrected chi connectivity index (χ4v) is 2.73. The molecule has 4 nitrogen and oxygen atoms in total. The minimum absolute atomic E-state index is 0.260. The summed E-state index contributed by atoms with van der Waals surface area (Å²) in [5.74, 6) is 1.52. The van der Waals surface area contributed by atoms with E-state index in [1.165, 1.54) is 11.8 Å². The largest absolute Gasteiger partial charge is 0.484 e. The van der Waals surface area contributed by atoms with Gasteiger partial charge in [0.2, 0.25) is 5.89 Å². The molecule has 2 aromatic rings. The molecule has 98 valence electrons. The number of hydrogen-bond donors (Lipinski definition) is 0. The van der Waals surface area contributed by atoms with Gasteiger partial charge in [0.1, 0.15) is 17.8 Å². The Labute approximate surface area is 118 Å². The van der Waals surface area contributed by atoms with Crippen LogP contribution < -0.4 is 4.74 Å². The second-order valence-electron chi connectivity index (χ2n) is 4.47. The van der Waals surface area contributed by atoms with Gasteiger partial charge >= 0.3 is 0 Å². The van der Waals surface area contributed by atoms with Gasteiger partial charge in [-0.3, -0.25) is 4.79 Å². The highest BCUT2D eigenvalue weighted by atomic mass is 79.9. The van der Waals surface area contributed by atoms with Crippen molar-refractivity contribution >= 4 is 21.7 Å². The maximum Gasteiger partial charge on any atom is 0.232 e. The van der Waals surface area contributed by atoms with E-state index in [1.54, 1.807) is 6.20 Å². The first kappa shape index (κ1) is 12.4. The zero-order valence-electron chi connectivity index (χ0n) is 10.2. The maximum atomic E-state index is 11.6. The number of oxazole rings is 1. The highest BCUT2D eigenvalue weighted by Crippen LogP contribution is 2.32. The van der Waals surface area contributed by atoms with E-state index in [2.05, 4.69) is 27.0 Å². The number of aromatic nitrogens is 1. The number of aryl methyl sites for hydroxylation is 1. The molecule has 1 aromatic carbocycles. The van der Waals surface area contributed by atoms with Gasteiger partial charge in [-0.1, -0.05) is 15.9 Å². The summed E-state index contributed by atoms with van der Waals surface area (Å²) in [7, 11) is 0. The Bertz CT molecular complexity index is 607. The normalized spacial score (nSPS) is 14.3. The molecule has 0 saturated carbocycles. The first-order valence-corrected chi connectivity index (χ1v) is 6.86. The molecule has 0 saturated heterocycles. The van der Waals surface area contributed by atoms with Gasteiger partial charge in [-0.25, -0.2) is 4.98 Å². The van der Waals surface area contributed by atoms with Crippen LogP contribution in [0.15, 0.2) is 33.5 Å². The molecule has 1 aromatic heterocycles. The Balaban J connectivity index is 1.87. The summed E-state index contributed by atoms with van der Waals surface area (Å²) in [5, 5.41) is 0. The van der Waals surface area contributed by atoms with Gasteiger partial charge in [0.15, 0.2) is 6.61 Å². The quantitative estimate of drug-likeness (QED) is 0.871. The average molecular weight is 322 g/mol. The number of nitrogens with zero attached hydrogens (tertiary/aromatic N) is 1. The molecule has 1 heterocycles. The molecule has 1 aliphatic rings. The Hall–Kier alpha value is -1.62. The van der Waals surface area contributed by atoms with Crippen LogP contribution in [0.1, 0.15) is 23.4 Å². The second kappa shape index (κ2) is 5.17. The van der Waals surface area contributed by atoms with Crippen molar-refractivity contribution in [1.82, 2.24) is 4.98 Å². The van der Waals surface area contributed by atoms with Gasteiger partial charge in [0.05, 0.1) is 6.20 Å². The smallest absolute Gasteiger partial charge is 0.232 e. The molecule has 0 spiro atoms. The summed E-state index contributed by atoms with van der Waals surface area (Å²) in [6.07, 6.45) is 4.94. The van der Waals surface area contributed by atoms with Crippen LogP contribution in [-0.4, -0.2) is 10.8 Å². The van der Waals surface area contributed by atoms with E-state index in [0.717, 1.165) is 22.2 Å². The first-order chi connectivity index (χ1) is 9.22. The lowest BCUT2D eigenvalue weighted by atomic mass is 9.90. The monoisotopic (exact) mass is 321 g/mol. The molecule has 0 fully saturated rings. The number of hydrogen-bond acceptors (Lipinski definition) is 4. The van der Waals surface area contributed by atoms with Crippen molar-refractivity contribution in [3.05, 3.63) is 46.1 Å². The molecular formula is C14H12BrNO3. The van der Waals surface area contributed by atoms with Gasteiger partial charge in [0.25, 0.3) is 0 Å². The number of rotatable bonds is 3. The van der Waals surface area contributed by atoms with Crippen LogP contribution in [0.2, 0.25) is 0 Å². The van der Waals surface area contributed by atoms with Crippen molar-refractivity contribution < 1.29 is 13.9 Å². The van der Waals surface area contributed by atoms with Crippen molar-refractivity contribution in [2.24, 2.45) is 0 Å². The number of benzene rings is 1. The molecule has 0 amide bonds. The van der Waals surface area contributed by atoms with Gasteiger partial charge in [0, 0.05) is 22.9 Å². The van der Waals surface area contributed by atoms with Crippen LogP contribution >= 0.6 is 15.9 Å². The SMILES string of the molecule is O=C1CCc2cc(Br)cc(OCc3ncco3)c2C1. The second-order valence-corrected chi connectivity index (χ2v) is 5.39. The van der Waals surface area contributed by atoms with Crippen LogP contribution in [0.4, 0.5) is 0 Å². The molecule has 0 bridgehead atoms. The minimum Gasteiger partial charge on any atom is -0.484 e. The molecule has 0 aliphatic heterocycles. The third kappa shape index (κ3) is 2.71. The number of ketones is 1. The van der Waals surface area contributed by atoms with E-state index in [-0.39, 0.29) is 12.4 Å². The molecule has 5 heteroatoms. The van der Waals surface area contributed by atoms with Gasteiger partial charge in [-0.05, 0) is 24.1 Å². The lowest BCUT2D eigenvalue weighted by Gasteiger charge is -2.19. The number of fused-ring (bicyclic) bond motifs is 1.